The van der Waals surface area contributed by atoms with E-state index in [9.17, 15) is 13.2 Å². The minimum absolute atomic E-state index is 0.0176. The van der Waals surface area contributed by atoms with Crippen LogP contribution >= 0.6 is 0 Å². The zero-order chi connectivity index (χ0) is 16.0. The van der Waals surface area contributed by atoms with E-state index in [0.717, 1.165) is 32.0 Å². The van der Waals surface area contributed by atoms with Crippen molar-refractivity contribution in [3.8, 4) is 0 Å². The zero-order valence-corrected chi connectivity index (χ0v) is 13.5. The summed E-state index contributed by atoms with van der Waals surface area (Å²) in [6.45, 7) is 1.92. The van der Waals surface area contributed by atoms with Gasteiger partial charge in [-0.25, -0.2) is 17.9 Å². The second kappa shape index (κ2) is 5.47. The molecule has 0 amide bonds. The summed E-state index contributed by atoms with van der Waals surface area (Å²) >= 11 is 0. The molecule has 7 nitrogen and oxygen atoms in total. The summed E-state index contributed by atoms with van der Waals surface area (Å²) in [7, 11) is -3.57. The maximum Gasteiger partial charge on any atom is 0.323 e. The molecule has 2 aromatic rings. The third kappa shape index (κ3) is 3.06. The Balaban J connectivity index is 1.48. The average molecular weight is 336 g/mol. The van der Waals surface area contributed by atoms with Crippen molar-refractivity contribution < 1.29 is 8.42 Å². The number of imidazole rings is 1. The molecule has 1 saturated heterocycles. The normalized spacial score (nSPS) is 21.0. The molecule has 0 atom stereocenters. The number of piperidine rings is 1. The van der Waals surface area contributed by atoms with E-state index in [1.807, 2.05) is 0 Å². The Labute approximate surface area is 134 Å². The topological polar surface area (TPSA) is 98.1 Å². The summed E-state index contributed by atoms with van der Waals surface area (Å²) in [6, 6.07) is 5.34. The first-order chi connectivity index (χ1) is 11.0. The van der Waals surface area contributed by atoms with Gasteiger partial charge in [-0.1, -0.05) is 0 Å². The number of hydrogen-bond donors (Lipinski definition) is 3. The Hall–Kier alpha value is -1.64. The first-order valence-electron chi connectivity index (χ1n) is 8.00. The van der Waals surface area contributed by atoms with Crippen LogP contribution < -0.4 is 10.4 Å². The number of benzene rings is 1. The van der Waals surface area contributed by atoms with Crippen molar-refractivity contribution >= 4 is 21.1 Å². The first-order valence-corrected chi connectivity index (χ1v) is 9.48. The van der Waals surface area contributed by atoms with Crippen molar-refractivity contribution in [2.75, 3.05) is 13.1 Å². The van der Waals surface area contributed by atoms with Gasteiger partial charge < -0.3 is 14.9 Å². The van der Waals surface area contributed by atoms with Crippen molar-refractivity contribution in [1.82, 2.24) is 19.6 Å². The van der Waals surface area contributed by atoms with Gasteiger partial charge in [-0.15, -0.1) is 0 Å². The third-order valence-corrected chi connectivity index (χ3v) is 6.23. The lowest BCUT2D eigenvalue weighted by Crippen LogP contribution is -2.45. The molecule has 1 aromatic carbocycles. The first kappa shape index (κ1) is 14.9. The number of sulfonamides is 1. The predicted octanol–water partition coefficient (Wildman–Crippen LogP) is 0.761. The number of nitrogens with one attached hydrogen (secondary N) is 3. The lowest BCUT2D eigenvalue weighted by Gasteiger charge is -2.32. The third-order valence-electron chi connectivity index (χ3n) is 4.71. The number of H-pyrrole nitrogens is 2. The second-order valence-corrected chi connectivity index (χ2v) is 8.16. The van der Waals surface area contributed by atoms with Crippen LogP contribution in [0.3, 0.4) is 0 Å². The molecular formula is C15H20N4O3S. The highest BCUT2D eigenvalue weighted by molar-refractivity contribution is 7.89. The number of aromatic amines is 2. The Bertz CT molecular complexity index is 874. The largest absolute Gasteiger partial charge is 0.323 e. The molecule has 2 aliphatic rings. The SMILES string of the molecule is O=c1[nH]c2ccc(S(=O)(=O)NC3CCN(C4CC4)CC3)cc2[nH]1. The Morgan fingerprint density at radius 2 is 1.74 bits per heavy atom. The zero-order valence-electron chi connectivity index (χ0n) is 12.7. The van der Waals surface area contributed by atoms with Crippen molar-refractivity contribution in [2.24, 2.45) is 0 Å². The van der Waals surface area contributed by atoms with E-state index < -0.39 is 10.0 Å². The van der Waals surface area contributed by atoms with E-state index in [1.165, 1.54) is 25.0 Å². The van der Waals surface area contributed by atoms with Gasteiger partial charge in [-0.05, 0) is 57.0 Å². The van der Waals surface area contributed by atoms with E-state index >= 15 is 0 Å². The van der Waals surface area contributed by atoms with Gasteiger partial charge in [0.15, 0.2) is 0 Å². The van der Waals surface area contributed by atoms with Crippen LogP contribution in [0.2, 0.25) is 0 Å². The summed E-state index contributed by atoms with van der Waals surface area (Å²) in [5, 5.41) is 0. The van der Waals surface area contributed by atoms with Crippen LogP contribution in [0, 0.1) is 0 Å². The van der Waals surface area contributed by atoms with E-state index in [2.05, 4.69) is 19.6 Å². The summed E-state index contributed by atoms with van der Waals surface area (Å²) in [6.07, 6.45) is 4.26. The van der Waals surface area contributed by atoms with Crippen LogP contribution in [-0.2, 0) is 10.0 Å². The fourth-order valence-corrected chi connectivity index (χ4v) is 4.62. The highest BCUT2D eigenvalue weighted by atomic mass is 32.2. The molecule has 1 saturated carbocycles. The number of hydrogen-bond acceptors (Lipinski definition) is 4. The number of aromatic nitrogens is 2. The monoisotopic (exact) mass is 336 g/mol. The Kier molecular flexibility index (Phi) is 3.55. The molecule has 0 radical (unpaired) electrons. The smallest absolute Gasteiger partial charge is 0.306 e. The van der Waals surface area contributed by atoms with Crippen LogP contribution in [0.1, 0.15) is 25.7 Å². The molecule has 0 unspecified atom stereocenters. The second-order valence-electron chi connectivity index (χ2n) is 6.45. The van der Waals surface area contributed by atoms with Crippen LogP contribution in [0.5, 0.6) is 0 Å². The molecule has 2 fully saturated rings. The molecule has 1 aliphatic carbocycles. The van der Waals surface area contributed by atoms with Gasteiger partial charge in [-0.3, -0.25) is 0 Å². The van der Waals surface area contributed by atoms with E-state index in [1.54, 1.807) is 6.07 Å². The Morgan fingerprint density at radius 1 is 1.04 bits per heavy atom. The molecule has 4 rings (SSSR count). The van der Waals surface area contributed by atoms with E-state index in [4.69, 9.17) is 0 Å². The minimum atomic E-state index is -3.57. The van der Waals surface area contributed by atoms with Crippen molar-refractivity contribution in [2.45, 2.75) is 42.7 Å². The highest BCUT2D eigenvalue weighted by Gasteiger charge is 2.33. The molecule has 8 heteroatoms. The van der Waals surface area contributed by atoms with Gasteiger partial charge in [0.2, 0.25) is 10.0 Å². The maximum atomic E-state index is 12.6. The lowest BCUT2D eigenvalue weighted by molar-refractivity contribution is 0.199. The van der Waals surface area contributed by atoms with Crippen LogP contribution in [0.4, 0.5) is 0 Å². The molecule has 0 bridgehead atoms. The van der Waals surface area contributed by atoms with E-state index in [-0.39, 0.29) is 16.6 Å². The molecule has 3 N–H and O–H groups in total. The molecule has 1 aliphatic heterocycles. The highest BCUT2D eigenvalue weighted by Crippen LogP contribution is 2.29. The van der Waals surface area contributed by atoms with Gasteiger partial charge in [-0.2, -0.15) is 0 Å². The van der Waals surface area contributed by atoms with Gasteiger partial charge in [0.25, 0.3) is 0 Å². The molecule has 2 heterocycles. The molecular weight excluding hydrogens is 316 g/mol. The van der Waals surface area contributed by atoms with E-state index in [0.29, 0.717) is 11.0 Å². The summed E-state index contributed by atoms with van der Waals surface area (Å²) in [5.74, 6) is 0. The fourth-order valence-electron chi connectivity index (χ4n) is 3.29. The van der Waals surface area contributed by atoms with Crippen molar-refractivity contribution in [3.63, 3.8) is 0 Å². The summed E-state index contributed by atoms with van der Waals surface area (Å²) < 4.78 is 27.9. The average Bonchev–Trinajstić information content (AvgIpc) is 3.28. The summed E-state index contributed by atoms with van der Waals surface area (Å²) in [5.41, 5.74) is 0.767. The number of fused-ring (bicyclic) bond motifs is 1. The van der Waals surface area contributed by atoms with Gasteiger partial charge >= 0.3 is 5.69 Å². The van der Waals surface area contributed by atoms with Gasteiger partial charge in [0, 0.05) is 12.1 Å². The van der Waals surface area contributed by atoms with Gasteiger partial charge in [0.1, 0.15) is 0 Å². The lowest BCUT2D eigenvalue weighted by atomic mass is 10.1. The molecule has 1 aromatic heterocycles. The predicted molar refractivity (Wildman–Crippen MR) is 86.9 cm³/mol. The number of likely N-dealkylation sites (tertiary alicyclic amines) is 1. The quantitative estimate of drug-likeness (QED) is 0.768. The maximum absolute atomic E-state index is 12.6. The van der Waals surface area contributed by atoms with Crippen molar-refractivity contribution in [1.29, 1.82) is 0 Å². The van der Waals surface area contributed by atoms with Crippen LogP contribution in [0.15, 0.2) is 27.9 Å². The molecule has 0 spiro atoms. The van der Waals surface area contributed by atoms with Gasteiger partial charge in [0.05, 0.1) is 15.9 Å². The fraction of sp³-hybridized carbons (Fsp3) is 0.533. The van der Waals surface area contributed by atoms with Crippen LogP contribution in [-0.4, -0.2) is 48.5 Å². The Morgan fingerprint density at radius 3 is 2.43 bits per heavy atom. The molecule has 23 heavy (non-hydrogen) atoms. The van der Waals surface area contributed by atoms with Crippen LogP contribution in [0.25, 0.3) is 11.0 Å². The number of rotatable bonds is 4. The van der Waals surface area contributed by atoms with Crippen molar-refractivity contribution in [3.05, 3.63) is 28.7 Å². The minimum Gasteiger partial charge on any atom is -0.306 e. The standard InChI is InChI=1S/C15H20N4O3S/c20-15-16-13-4-3-12(9-14(13)17-15)23(21,22)18-10-5-7-19(8-6-10)11-1-2-11/h3-4,9-11,18H,1-2,5-8H2,(H2,16,17,20). The number of nitrogens with zero attached hydrogens (tertiary/aromatic N) is 1. The molecule has 124 valence electrons. The summed E-state index contributed by atoms with van der Waals surface area (Å²) in [4.78, 5) is 19.1.